The highest BCUT2D eigenvalue weighted by Crippen LogP contribution is 2.16. The third-order valence-corrected chi connectivity index (χ3v) is 4.08. The van der Waals surface area contributed by atoms with Crippen LogP contribution in [0.2, 0.25) is 0 Å². The molecule has 6 nitrogen and oxygen atoms in total. The Balaban J connectivity index is 0.00000338. The molecular weight excluding hydrogens is 516 g/mol. The highest BCUT2D eigenvalue weighted by Gasteiger charge is 2.04. The third kappa shape index (κ3) is 7.98. The number of aliphatic imine (C=N–C) groups is 1. The fourth-order valence-corrected chi connectivity index (χ4v) is 2.65. The van der Waals surface area contributed by atoms with Gasteiger partial charge in [-0.3, -0.25) is 4.99 Å². The lowest BCUT2D eigenvalue weighted by molar-refractivity contribution is 0.372. The molecule has 0 saturated heterocycles. The van der Waals surface area contributed by atoms with Gasteiger partial charge in [0.05, 0.1) is 0 Å². The average molecular weight is 540 g/mol. The number of nitrogens with zero attached hydrogens (tertiary/aromatic N) is 3. The number of halogens is 3. The monoisotopic (exact) mass is 539 g/mol. The number of guanidine groups is 1. The molecule has 0 spiro atoms. The van der Waals surface area contributed by atoms with Gasteiger partial charge in [-0.1, -0.05) is 27.2 Å². The quantitative estimate of drug-likeness (QED) is 0.232. The summed E-state index contributed by atoms with van der Waals surface area (Å²) in [7, 11) is 1.73. The second kappa shape index (κ2) is 12.2. The van der Waals surface area contributed by atoms with Crippen LogP contribution in [0.4, 0.5) is 4.39 Å². The Morgan fingerprint density at radius 2 is 1.92 bits per heavy atom. The minimum Gasteiger partial charge on any atom is -0.356 e. The van der Waals surface area contributed by atoms with Gasteiger partial charge in [-0.25, -0.2) is 4.39 Å². The smallest absolute Gasteiger partial charge is 0.226 e. The standard InChI is InChI=1S/C17H23BrFN5O.HI/c1-12-23-16(25-24-12)6-4-10-22-17(20-2)21-9-3-5-13-7-8-14(18)11-15(13)19;/h7-8,11H,3-6,9-10H2,1-2H3,(H2,20,21,22);1H. The SMILES string of the molecule is CN=C(NCCCc1nc(C)no1)NCCCc1ccc(Br)cc1F.I. The highest BCUT2D eigenvalue weighted by atomic mass is 127. The fraction of sp³-hybridized carbons (Fsp3) is 0.471. The van der Waals surface area contributed by atoms with Crippen molar-refractivity contribution in [3.8, 4) is 0 Å². The van der Waals surface area contributed by atoms with Crippen LogP contribution in [0.3, 0.4) is 0 Å². The number of benzene rings is 1. The first-order valence-electron chi connectivity index (χ1n) is 8.26. The van der Waals surface area contributed by atoms with Gasteiger partial charge in [-0.05, 0) is 43.9 Å². The van der Waals surface area contributed by atoms with E-state index in [-0.39, 0.29) is 29.8 Å². The Bertz CT molecular complexity index is 710. The molecule has 1 aromatic heterocycles. The van der Waals surface area contributed by atoms with Crippen molar-refractivity contribution in [2.75, 3.05) is 20.1 Å². The Hall–Kier alpha value is -1.23. The fourth-order valence-electron chi connectivity index (χ4n) is 2.32. The van der Waals surface area contributed by atoms with Gasteiger partial charge in [0, 0.05) is 31.0 Å². The van der Waals surface area contributed by atoms with Crippen molar-refractivity contribution in [2.24, 2.45) is 4.99 Å². The van der Waals surface area contributed by atoms with Crippen LogP contribution in [-0.4, -0.2) is 36.2 Å². The van der Waals surface area contributed by atoms with Gasteiger partial charge in [0.1, 0.15) is 5.82 Å². The van der Waals surface area contributed by atoms with E-state index in [1.165, 1.54) is 6.07 Å². The van der Waals surface area contributed by atoms with E-state index in [9.17, 15) is 4.39 Å². The summed E-state index contributed by atoms with van der Waals surface area (Å²) in [6, 6.07) is 5.16. The number of rotatable bonds is 8. The molecule has 0 amide bonds. The molecule has 0 aliphatic rings. The van der Waals surface area contributed by atoms with E-state index in [1.54, 1.807) is 14.0 Å². The van der Waals surface area contributed by atoms with E-state index in [4.69, 9.17) is 4.52 Å². The summed E-state index contributed by atoms with van der Waals surface area (Å²) in [6.45, 7) is 3.28. The topological polar surface area (TPSA) is 75.3 Å². The van der Waals surface area contributed by atoms with Crippen LogP contribution < -0.4 is 10.6 Å². The van der Waals surface area contributed by atoms with Crippen molar-refractivity contribution in [2.45, 2.75) is 32.6 Å². The zero-order chi connectivity index (χ0) is 18.1. The van der Waals surface area contributed by atoms with Gasteiger partial charge in [0.15, 0.2) is 11.8 Å². The Morgan fingerprint density at radius 1 is 1.23 bits per heavy atom. The molecule has 0 aliphatic carbocycles. The van der Waals surface area contributed by atoms with Gasteiger partial charge in [-0.2, -0.15) is 4.98 Å². The molecule has 0 atom stereocenters. The number of nitrogens with one attached hydrogen (secondary N) is 2. The summed E-state index contributed by atoms with van der Waals surface area (Å²) in [5.74, 6) is 1.87. The third-order valence-electron chi connectivity index (χ3n) is 3.58. The van der Waals surface area contributed by atoms with Crippen molar-refractivity contribution in [3.63, 3.8) is 0 Å². The van der Waals surface area contributed by atoms with Crippen LogP contribution in [-0.2, 0) is 12.8 Å². The maximum atomic E-state index is 13.7. The van der Waals surface area contributed by atoms with Gasteiger partial charge in [0.2, 0.25) is 5.89 Å². The molecule has 0 saturated carbocycles. The molecule has 0 fully saturated rings. The Labute approximate surface area is 178 Å². The van der Waals surface area contributed by atoms with Crippen molar-refractivity contribution in [1.29, 1.82) is 0 Å². The van der Waals surface area contributed by atoms with Gasteiger partial charge in [-0.15, -0.1) is 24.0 Å². The second-order valence-electron chi connectivity index (χ2n) is 5.60. The van der Waals surface area contributed by atoms with Crippen LogP contribution in [0.25, 0.3) is 0 Å². The lowest BCUT2D eigenvalue weighted by Gasteiger charge is -2.11. The minimum atomic E-state index is -0.173. The molecule has 0 aliphatic heterocycles. The number of hydrogen-bond acceptors (Lipinski definition) is 4. The van der Waals surface area contributed by atoms with E-state index < -0.39 is 0 Å². The summed E-state index contributed by atoms with van der Waals surface area (Å²) >= 11 is 3.26. The molecule has 0 bridgehead atoms. The number of aryl methyl sites for hydroxylation is 3. The van der Waals surface area contributed by atoms with E-state index in [1.807, 2.05) is 12.1 Å². The minimum absolute atomic E-state index is 0. The average Bonchev–Trinajstić information content (AvgIpc) is 3.00. The van der Waals surface area contributed by atoms with Crippen molar-refractivity contribution in [3.05, 3.63) is 45.8 Å². The van der Waals surface area contributed by atoms with Gasteiger partial charge >= 0.3 is 0 Å². The van der Waals surface area contributed by atoms with Crippen LogP contribution in [0.15, 0.2) is 32.2 Å². The summed E-state index contributed by atoms with van der Waals surface area (Å²) < 4.78 is 19.6. The molecule has 26 heavy (non-hydrogen) atoms. The summed E-state index contributed by atoms with van der Waals surface area (Å²) in [5.41, 5.74) is 0.725. The molecule has 2 N–H and O–H groups in total. The Morgan fingerprint density at radius 3 is 2.50 bits per heavy atom. The molecule has 0 radical (unpaired) electrons. The normalized spacial score (nSPS) is 11.2. The first-order chi connectivity index (χ1) is 12.1. The van der Waals surface area contributed by atoms with Crippen molar-refractivity contribution >= 4 is 45.9 Å². The van der Waals surface area contributed by atoms with Crippen LogP contribution in [0.5, 0.6) is 0 Å². The molecule has 9 heteroatoms. The van der Waals surface area contributed by atoms with Gasteiger partial charge in [0.25, 0.3) is 0 Å². The molecule has 1 aromatic carbocycles. The maximum Gasteiger partial charge on any atom is 0.226 e. The second-order valence-corrected chi connectivity index (χ2v) is 6.52. The van der Waals surface area contributed by atoms with Gasteiger partial charge < -0.3 is 15.2 Å². The largest absolute Gasteiger partial charge is 0.356 e. The molecule has 2 rings (SSSR count). The van der Waals surface area contributed by atoms with Crippen molar-refractivity contribution in [1.82, 2.24) is 20.8 Å². The van der Waals surface area contributed by atoms with Crippen LogP contribution in [0.1, 0.15) is 30.1 Å². The summed E-state index contributed by atoms with van der Waals surface area (Å²) in [6.07, 6.45) is 3.10. The van der Waals surface area contributed by atoms with E-state index in [0.717, 1.165) is 48.3 Å². The first-order valence-corrected chi connectivity index (χ1v) is 9.05. The first kappa shape index (κ1) is 22.8. The molecular formula is C17H24BrFIN5O. The number of hydrogen-bond donors (Lipinski definition) is 2. The van der Waals surface area contributed by atoms with E-state index in [0.29, 0.717) is 18.1 Å². The summed E-state index contributed by atoms with van der Waals surface area (Å²) in [4.78, 5) is 8.34. The number of aromatic nitrogens is 2. The Kier molecular flexibility index (Phi) is 10.7. The van der Waals surface area contributed by atoms with Crippen LogP contribution >= 0.6 is 39.9 Å². The predicted octanol–water partition coefficient (Wildman–Crippen LogP) is 3.63. The molecule has 2 aromatic rings. The van der Waals surface area contributed by atoms with Crippen LogP contribution in [0, 0.1) is 12.7 Å². The van der Waals surface area contributed by atoms with Crippen molar-refractivity contribution < 1.29 is 8.91 Å². The zero-order valence-corrected chi connectivity index (χ0v) is 18.8. The maximum absolute atomic E-state index is 13.7. The zero-order valence-electron chi connectivity index (χ0n) is 14.9. The van der Waals surface area contributed by atoms with E-state index >= 15 is 0 Å². The molecule has 0 unspecified atom stereocenters. The predicted molar refractivity (Wildman–Crippen MR) is 115 cm³/mol. The highest BCUT2D eigenvalue weighted by molar-refractivity contribution is 14.0. The molecule has 144 valence electrons. The molecule has 1 heterocycles. The van der Waals surface area contributed by atoms with E-state index in [2.05, 4.69) is 41.7 Å². The lowest BCUT2D eigenvalue weighted by Crippen LogP contribution is -2.38. The lowest BCUT2D eigenvalue weighted by atomic mass is 10.1. The summed E-state index contributed by atoms with van der Waals surface area (Å²) in [5, 5.41) is 10.2.